The minimum Gasteiger partial charge on any atom is -0.477 e. The summed E-state index contributed by atoms with van der Waals surface area (Å²) in [5.74, 6) is -1.29. The number of hydrogen-bond donors (Lipinski definition) is 1. The smallest absolute Gasteiger partial charge is 0.342 e. The SMILES string of the molecule is COC1CCN(c2ccc([N+](=O)[O-])c(C(=O)O)c2)CC1. The van der Waals surface area contributed by atoms with E-state index in [0.29, 0.717) is 5.69 Å². The van der Waals surface area contributed by atoms with Gasteiger partial charge in [0.2, 0.25) is 0 Å². The molecule has 1 aliphatic rings. The number of rotatable bonds is 4. The molecule has 1 N–H and O–H groups in total. The van der Waals surface area contributed by atoms with Gasteiger partial charge in [-0.25, -0.2) is 4.79 Å². The Morgan fingerprint density at radius 2 is 2.10 bits per heavy atom. The molecule has 1 aliphatic heterocycles. The van der Waals surface area contributed by atoms with E-state index in [9.17, 15) is 14.9 Å². The minimum atomic E-state index is -1.29. The van der Waals surface area contributed by atoms with Crippen molar-refractivity contribution in [3.8, 4) is 0 Å². The predicted molar refractivity (Wildman–Crippen MR) is 72.3 cm³/mol. The third-order valence-electron chi connectivity index (χ3n) is 3.55. The molecule has 7 nitrogen and oxygen atoms in total. The molecule has 1 saturated heterocycles. The normalized spacial score (nSPS) is 16.1. The summed E-state index contributed by atoms with van der Waals surface area (Å²) in [4.78, 5) is 23.3. The van der Waals surface area contributed by atoms with Crippen molar-refractivity contribution in [2.24, 2.45) is 0 Å². The van der Waals surface area contributed by atoms with Crippen molar-refractivity contribution < 1.29 is 19.6 Å². The molecular formula is C13H16N2O5. The molecule has 0 spiro atoms. The van der Waals surface area contributed by atoms with Gasteiger partial charge in [-0.1, -0.05) is 0 Å². The summed E-state index contributed by atoms with van der Waals surface area (Å²) in [6.07, 6.45) is 1.94. The summed E-state index contributed by atoms with van der Waals surface area (Å²) < 4.78 is 5.28. The number of nitro benzene ring substituents is 1. The molecule has 0 radical (unpaired) electrons. The summed E-state index contributed by atoms with van der Waals surface area (Å²) in [5.41, 5.74) is 0.0388. The summed E-state index contributed by atoms with van der Waals surface area (Å²) in [5, 5.41) is 19.9. The van der Waals surface area contributed by atoms with Crippen LogP contribution in [0.15, 0.2) is 18.2 Å². The van der Waals surface area contributed by atoms with E-state index in [-0.39, 0.29) is 17.4 Å². The number of carboxylic acids is 1. The van der Waals surface area contributed by atoms with Crippen molar-refractivity contribution >= 4 is 17.3 Å². The van der Waals surface area contributed by atoms with Crippen LogP contribution >= 0.6 is 0 Å². The van der Waals surface area contributed by atoms with Gasteiger partial charge >= 0.3 is 5.97 Å². The highest BCUT2D eigenvalue weighted by atomic mass is 16.6. The van der Waals surface area contributed by atoms with Crippen LogP contribution in [0.2, 0.25) is 0 Å². The fourth-order valence-corrected chi connectivity index (χ4v) is 2.40. The molecule has 0 atom stereocenters. The first kappa shape index (κ1) is 14.3. The number of nitrogens with zero attached hydrogens (tertiary/aromatic N) is 2. The predicted octanol–water partition coefficient (Wildman–Crippen LogP) is 1.91. The Kier molecular flexibility index (Phi) is 4.19. The van der Waals surface area contributed by atoms with E-state index in [2.05, 4.69) is 0 Å². The van der Waals surface area contributed by atoms with E-state index < -0.39 is 10.9 Å². The van der Waals surface area contributed by atoms with Crippen molar-refractivity contribution in [2.45, 2.75) is 18.9 Å². The van der Waals surface area contributed by atoms with Crippen molar-refractivity contribution in [1.82, 2.24) is 0 Å². The number of carboxylic acid groups (broad SMARTS) is 1. The number of methoxy groups -OCH3 is 1. The molecule has 1 fully saturated rings. The molecule has 7 heteroatoms. The van der Waals surface area contributed by atoms with Crippen LogP contribution in [-0.2, 0) is 4.74 Å². The Morgan fingerprint density at radius 3 is 2.60 bits per heavy atom. The standard InChI is InChI=1S/C13H16N2O5/c1-20-10-4-6-14(7-5-10)9-2-3-12(15(18)19)11(8-9)13(16)17/h2-3,8,10H,4-7H2,1H3,(H,16,17). The lowest BCUT2D eigenvalue weighted by Crippen LogP contribution is -2.36. The highest BCUT2D eigenvalue weighted by molar-refractivity contribution is 5.93. The van der Waals surface area contributed by atoms with E-state index in [0.717, 1.165) is 25.9 Å². The van der Waals surface area contributed by atoms with Crippen molar-refractivity contribution in [1.29, 1.82) is 0 Å². The van der Waals surface area contributed by atoms with Gasteiger partial charge in [-0.15, -0.1) is 0 Å². The number of ether oxygens (including phenoxy) is 1. The van der Waals surface area contributed by atoms with E-state index in [1.165, 1.54) is 12.1 Å². The fraction of sp³-hybridized carbons (Fsp3) is 0.462. The van der Waals surface area contributed by atoms with Gasteiger partial charge in [0.15, 0.2) is 0 Å². The Bertz CT molecular complexity index is 523. The monoisotopic (exact) mass is 280 g/mol. The zero-order chi connectivity index (χ0) is 14.7. The number of anilines is 1. The number of nitro groups is 1. The van der Waals surface area contributed by atoms with Crippen LogP contribution in [0.4, 0.5) is 11.4 Å². The van der Waals surface area contributed by atoms with E-state index in [4.69, 9.17) is 9.84 Å². The zero-order valence-corrected chi connectivity index (χ0v) is 11.1. The second-order valence-corrected chi connectivity index (χ2v) is 4.69. The van der Waals surface area contributed by atoms with Gasteiger partial charge in [-0.2, -0.15) is 0 Å². The van der Waals surface area contributed by atoms with Crippen LogP contribution in [0.25, 0.3) is 0 Å². The lowest BCUT2D eigenvalue weighted by molar-refractivity contribution is -0.385. The molecule has 1 aromatic carbocycles. The molecule has 20 heavy (non-hydrogen) atoms. The van der Waals surface area contributed by atoms with Crippen molar-refractivity contribution in [2.75, 3.05) is 25.1 Å². The van der Waals surface area contributed by atoms with Crippen LogP contribution in [0, 0.1) is 10.1 Å². The fourth-order valence-electron chi connectivity index (χ4n) is 2.40. The first-order valence-electron chi connectivity index (χ1n) is 6.32. The Morgan fingerprint density at radius 1 is 1.45 bits per heavy atom. The number of carbonyl (C=O) groups is 1. The maximum Gasteiger partial charge on any atom is 0.342 e. The number of hydrogen-bond acceptors (Lipinski definition) is 5. The van der Waals surface area contributed by atoms with Gasteiger partial charge in [0, 0.05) is 32.0 Å². The maximum atomic E-state index is 11.1. The van der Waals surface area contributed by atoms with Gasteiger partial charge in [-0.05, 0) is 25.0 Å². The summed E-state index contributed by atoms with van der Waals surface area (Å²) in [7, 11) is 1.68. The van der Waals surface area contributed by atoms with Gasteiger partial charge < -0.3 is 14.7 Å². The molecule has 0 aliphatic carbocycles. The van der Waals surface area contributed by atoms with E-state index in [1.54, 1.807) is 13.2 Å². The van der Waals surface area contributed by atoms with Gasteiger partial charge in [0.05, 0.1) is 11.0 Å². The summed E-state index contributed by atoms with van der Waals surface area (Å²) >= 11 is 0. The molecule has 1 heterocycles. The molecule has 108 valence electrons. The molecule has 0 aromatic heterocycles. The molecule has 0 amide bonds. The topological polar surface area (TPSA) is 92.9 Å². The average molecular weight is 280 g/mol. The largest absolute Gasteiger partial charge is 0.477 e. The Labute approximate surface area is 115 Å². The second kappa shape index (κ2) is 5.87. The maximum absolute atomic E-state index is 11.1. The van der Waals surface area contributed by atoms with Crippen molar-refractivity contribution in [3.05, 3.63) is 33.9 Å². The van der Waals surface area contributed by atoms with Crippen LogP contribution in [0.1, 0.15) is 23.2 Å². The molecule has 0 unspecified atom stereocenters. The van der Waals surface area contributed by atoms with Crippen LogP contribution in [-0.4, -0.2) is 42.3 Å². The number of piperidine rings is 1. The third kappa shape index (κ3) is 2.88. The van der Waals surface area contributed by atoms with Gasteiger partial charge in [0.25, 0.3) is 5.69 Å². The highest BCUT2D eigenvalue weighted by Crippen LogP contribution is 2.27. The first-order chi connectivity index (χ1) is 9.52. The first-order valence-corrected chi connectivity index (χ1v) is 6.32. The zero-order valence-electron chi connectivity index (χ0n) is 11.1. The Balaban J connectivity index is 2.24. The third-order valence-corrected chi connectivity index (χ3v) is 3.55. The average Bonchev–Trinajstić information content (AvgIpc) is 2.46. The number of aromatic carboxylic acids is 1. The Hall–Kier alpha value is -2.15. The number of benzene rings is 1. The molecular weight excluding hydrogens is 264 g/mol. The highest BCUT2D eigenvalue weighted by Gasteiger charge is 2.24. The molecule has 0 bridgehead atoms. The lowest BCUT2D eigenvalue weighted by Gasteiger charge is -2.33. The molecule has 1 aromatic rings. The van der Waals surface area contributed by atoms with E-state index >= 15 is 0 Å². The van der Waals surface area contributed by atoms with Gasteiger partial charge in [-0.3, -0.25) is 10.1 Å². The van der Waals surface area contributed by atoms with E-state index in [1.807, 2.05) is 4.90 Å². The van der Waals surface area contributed by atoms with Crippen molar-refractivity contribution in [3.63, 3.8) is 0 Å². The van der Waals surface area contributed by atoms with Gasteiger partial charge in [0.1, 0.15) is 5.56 Å². The van der Waals surface area contributed by atoms with Crippen LogP contribution < -0.4 is 4.90 Å². The quantitative estimate of drug-likeness (QED) is 0.669. The second-order valence-electron chi connectivity index (χ2n) is 4.69. The van der Waals surface area contributed by atoms with Crippen LogP contribution in [0.5, 0.6) is 0 Å². The van der Waals surface area contributed by atoms with Crippen LogP contribution in [0.3, 0.4) is 0 Å². The molecule has 2 rings (SSSR count). The summed E-state index contributed by atoms with van der Waals surface area (Å²) in [6.45, 7) is 1.49. The summed E-state index contributed by atoms with van der Waals surface area (Å²) in [6, 6.07) is 4.21. The minimum absolute atomic E-state index is 0.225. The lowest BCUT2D eigenvalue weighted by atomic mass is 10.1. The molecule has 0 saturated carbocycles.